The molecule has 0 saturated carbocycles. The zero-order valence-electron chi connectivity index (χ0n) is 16.5. The quantitative estimate of drug-likeness (QED) is 0.680. The predicted octanol–water partition coefficient (Wildman–Crippen LogP) is 3.65. The van der Waals surface area contributed by atoms with Crippen LogP contribution in [0, 0.1) is 5.82 Å². The minimum atomic E-state index is -0.573. The van der Waals surface area contributed by atoms with Crippen LogP contribution in [0.1, 0.15) is 28.8 Å². The number of nitrogens with zero attached hydrogens (tertiary/aromatic N) is 1. The van der Waals surface area contributed by atoms with Gasteiger partial charge in [0.25, 0.3) is 5.91 Å². The Bertz CT molecular complexity index is 1100. The Balaban J connectivity index is 1.44. The number of hydrogen-bond acceptors (Lipinski definition) is 3. The Hall–Kier alpha value is -3.41. The summed E-state index contributed by atoms with van der Waals surface area (Å²) in [4.78, 5) is 27.3. The number of amides is 2. The molecule has 0 aromatic heterocycles. The first-order valence-electron chi connectivity index (χ1n) is 10.1. The Morgan fingerprint density at radius 1 is 1.10 bits per heavy atom. The van der Waals surface area contributed by atoms with Crippen molar-refractivity contribution in [2.24, 2.45) is 0 Å². The first-order chi connectivity index (χ1) is 14.5. The van der Waals surface area contributed by atoms with Crippen LogP contribution in [0.3, 0.4) is 0 Å². The van der Waals surface area contributed by atoms with Gasteiger partial charge in [0.2, 0.25) is 5.91 Å². The van der Waals surface area contributed by atoms with Gasteiger partial charge in [0.1, 0.15) is 17.6 Å². The van der Waals surface area contributed by atoms with Crippen LogP contribution < -0.4 is 5.32 Å². The maximum absolute atomic E-state index is 13.3. The summed E-state index contributed by atoms with van der Waals surface area (Å²) in [6, 6.07) is 16.4. The molecule has 0 bridgehead atoms. The van der Waals surface area contributed by atoms with Crippen molar-refractivity contribution in [1.82, 2.24) is 10.2 Å². The minimum Gasteiger partial charge on any atom is -0.506 e. The van der Waals surface area contributed by atoms with Crippen molar-refractivity contribution in [2.45, 2.75) is 25.3 Å². The molecular formula is C24H23FN2O3. The van der Waals surface area contributed by atoms with Crippen LogP contribution in [0.25, 0.3) is 10.8 Å². The lowest BCUT2D eigenvalue weighted by molar-refractivity contribution is -0.124. The molecular weight excluding hydrogens is 383 g/mol. The number of phenolic OH excluding ortho intramolecular Hbond substituents is 1. The number of fused-ring (bicyclic) bond motifs is 1. The van der Waals surface area contributed by atoms with Crippen LogP contribution in [0.15, 0.2) is 60.7 Å². The molecule has 1 heterocycles. The third-order valence-electron chi connectivity index (χ3n) is 5.55. The summed E-state index contributed by atoms with van der Waals surface area (Å²) in [6.07, 6.45) is 1.81. The second-order valence-electron chi connectivity index (χ2n) is 7.51. The fraction of sp³-hybridized carbons (Fsp3) is 0.250. The maximum Gasteiger partial charge on any atom is 0.258 e. The monoisotopic (exact) mass is 406 g/mol. The molecule has 0 radical (unpaired) electrons. The second kappa shape index (κ2) is 8.53. The molecule has 0 spiro atoms. The van der Waals surface area contributed by atoms with E-state index >= 15 is 0 Å². The van der Waals surface area contributed by atoms with Gasteiger partial charge in [-0.15, -0.1) is 0 Å². The van der Waals surface area contributed by atoms with E-state index < -0.39 is 6.04 Å². The number of carbonyl (C=O) groups is 2. The van der Waals surface area contributed by atoms with Gasteiger partial charge in [0.05, 0.1) is 5.56 Å². The highest BCUT2D eigenvalue weighted by atomic mass is 19.1. The third kappa shape index (κ3) is 3.99. The summed E-state index contributed by atoms with van der Waals surface area (Å²) < 4.78 is 13.3. The summed E-state index contributed by atoms with van der Waals surface area (Å²) in [5.41, 5.74) is 1.00. The zero-order chi connectivity index (χ0) is 21.1. The topological polar surface area (TPSA) is 69.6 Å². The standard InChI is InChI=1S/C24H23FN2O3/c25-18-7-3-5-16(15-18)12-13-26-23(29)21-9-4-14-27(21)24(30)20-11-10-17-6-1-2-8-19(17)22(20)28/h1-3,5-8,10-11,15,21,28H,4,9,12-14H2,(H,26,29). The number of benzene rings is 3. The van der Waals surface area contributed by atoms with Crippen LogP contribution in [0.5, 0.6) is 5.75 Å². The molecule has 4 rings (SSSR count). The Morgan fingerprint density at radius 3 is 2.77 bits per heavy atom. The highest BCUT2D eigenvalue weighted by Crippen LogP contribution is 2.31. The zero-order valence-corrected chi connectivity index (χ0v) is 16.5. The number of rotatable bonds is 5. The number of carbonyl (C=O) groups excluding carboxylic acids is 2. The number of aromatic hydroxyl groups is 1. The van der Waals surface area contributed by atoms with Crippen molar-refractivity contribution in [3.63, 3.8) is 0 Å². The fourth-order valence-electron chi connectivity index (χ4n) is 4.01. The average molecular weight is 406 g/mol. The van der Waals surface area contributed by atoms with E-state index in [9.17, 15) is 19.1 Å². The van der Waals surface area contributed by atoms with Crippen molar-refractivity contribution in [3.05, 3.63) is 77.6 Å². The summed E-state index contributed by atoms with van der Waals surface area (Å²) in [6.45, 7) is 0.828. The molecule has 0 aliphatic carbocycles. The lowest BCUT2D eigenvalue weighted by atomic mass is 10.0. The molecule has 1 aliphatic heterocycles. The molecule has 1 aliphatic rings. The Kier molecular flexibility index (Phi) is 5.65. The van der Waals surface area contributed by atoms with Gasteiger partial charge < -0.3 is 15.3 Å². The normalized spacial score (nSPS) is 16.0. The molecule has 5 nitrogen and oxygen atoms in total. The van der Waals surface area contributed by atoms with E-state index in [1.165, 1.54) is 17.0 Å². The summed E-state index contributed by atoms with van der Waals surface area (Å²) in [5, 5.41) is 14.9. The Labute approximate surface area is 174 Å². The molecule has 2 amide bonds. The van der Waals surface area contributed by atoms with Crippen molar-refractivity contribution >= 4 is 22.6 Å². The molecule has 1 fully saturated rings. The van der Waals surface area contributed by atoms with Crippen molar-refractivity contribution in [1.29, 1.82) is 0 Å². The molecule has 1 atom stereocenters. The van der Waals surface area contributed by atoms with Gasteiger partial charge in [-0.2, -0.15) is 0 Å². The highest BCUT2D eigenvalue weighted by molar-refractivity contribution is 6.05. The predicted molar refractivity (Wildman–Crippen MR) is 113 cm³/mol. The van der Waals surface area contributed by atoms with Gasteiger partial charge >= 0.3 is 0 Å². The summed E-state index contributed by atoms with van der Waals surface area (Å²) in [5.74, 6) is -0.935. The van der Waals surface area contributed by atoms with Gasteiger partial charge in [-0.3, -0.25) is 9.59 Å². The van der Waals surface area contributed by atoms with E-state index in [4.69, 9.17) is 0 Å². The number of nitrogens with one attached hydrogen (secondary N) is 1. The van der Waals surface area contributed by atoms with Gasteiger partial charge in [-0.05, 0) is 48.4 Å². The van der Waals surface area contributed by atoms with E-state index in [-0.39, 0.29) is 28.9 Å². The first kappa shape index (κ1) is 19.9. The largest absolute Gasteiger partial charge is 0.506 e. The van der Waals surface area contributed by atoms with E-state index in [0.29, 0.717) is 31.3 Å². The number of hydrogen-bond donors (Lipinski definition) is 2. The van der Waals surface area contributed by atoms with Crippen LogP contribution in [0.4, 0.5) is 4.39 Å². The van der Waals surface area contributed by atoms with E-state index in [0.717, 1.165) is 17.4 Å². The van der Waals surface area contributed by atoms with Crippen LogP contribution in [-0.4, -0.2) is 41.0 Å². The smallest absolute Gasteiger partial charge is 0.258 e. The van der Waals surface area contributed by atoms with Crippen LogP contribution >= 0.6 is 0 Å². The second-order valence-corrected chi connectivity index (χ2v) is 7.51. The molecule has 3 aromatic rings. The minimum absolute atomic E-state index is 0.0599. The highest BCUT2D eigenvalue weighted by Gasteiger charge is 2.35. The van der Waals surface area contributed by atoms with Gasteiger partial charge in [0.15, 0.2) is 0 Å². The van der Waals surface area contributed by atoms with E-state index in [1.54, 1.807) is 30.3 Å². The summed E-state index contributed by atoms with van der Waals surface area (Å²) in [7, 11) is 0. The summed E-state index contributed by atoms with van der Waals surface area (Å²) >= 11 is 0. The number of likely N-dealkylation sites (tertiary alicyclic amines) is 1. The average Bonchev–Trinajstić information content (AvgIpc) is 3.24. The van der Waals surface area contributed by atoms with Crippen LogP contribution in [0.2, 0.25) is 0 Å². The van der Waals surface area contributed by atoms with Crippen molar-refractivity contribution in [2.75, 3.05) is 13.1 Å². The van der Waals surface area contributed by atoms with Crippen molar-refractivity contribution < 1.29 is 19.1 Å². The molecule has 1 unspecified atom stereocenters. The third-order valence-corrected chi connectivity index (χ3v) is 5.55. The maximum atomic E-state index is 13.3. The fourth-order valence-corrected chi connectivity index (χ4v) is 4.01. The molecule has 3 aromatic carbocycles. The number of halogens is 1. The molecule has 2 N–H and O–H groups in total. The van der Waals surface area contributed by atoms with E-state index in [1.807, 2.05) is 18.2 Å². The molecule has 30 heavy (non-hydrogen) atoms. The van der Waals surface area contributed by atoms with Gasteiger partial charge in [-0.25, -0.2) is 4.39 Å². The first-order valence-corrected chi connectivity index (χ1v) is 10.1. The number of phenols is 1. The lowest BCUT2D eigenvalue weighted by Crippen LogP contribution is -2.46. The van der Waals surface area contributed by atoms with Crippen LogP contribution in [-0.2, 0) is 11.2 Å². The Morgan fingerprint density at radius 2 is 1.93 bits per heavy atom. The van der Waals surface area contributed by atoms with Crippen molar-refractivity contribution in [3.8, 4) is 5.75 Å². The lowest BCUT2D eigenvalue weighted by Gasteiger charge is -2.24. The van der Waals surface area contributed by atoms with Gasteiger partial charge in [-0.1, -0.05) is 42.5 Å². The van der Waals surface area contributed by atoms with E-state index in [2.05, 4.69) is 5.32 Å². The SMILES string of the molecule is O=C(NCCc1cccc(F)c1)C1CCCN1C(=O)c1ccc2ccccc2c1O. The molecule has 154 valence electrons. The molecule has 1 saturated heterocycles. The van der Waals surface area contributed by atoms with Gasteiger partial charge in [0, 0.05) is 18.5 Å². The molecule has 6 heteroatoms.